The molecule has 1 fully saturated rings. The van der Waals surface area contributed by atoms with Crippen LogP contribution in [-0.2, 0) is 4.79 Å². The van der Waals surface area contributed by atoms with Gasteiger partial charge < -0.3 is 14.7 Å². The summed E-state index contributed by atoms with van der Waals surface area (Å²) in [5, 5.41) is 8.95. The molecule has 1 aliphatic rings. The molecule has 92 valence electrons. The summed E-state index contributed by atoms with van der Waals surface area (Å²) in [6, 6.07) is 1.73. The Kier molecular flexibility index (Phi) is 3.12. The van der Waals surface area contributed by atoms with Gasteiger partial charge in [-0.15, -0.1) is 0 Å². The van der Waals surface area contributed by atoms with Crippen LogP contribution in [0.15, 0.2) is 6.07 Å². The number of aliphatic carboxylic acids is 1. The van der Waals surface area contributed by atoms with Crippen molar-refractivity contribution in [2.45, 2.75) is 13.3 Å². The van der Waals surface area contributed by atoms with E-state index < -0.39 is 5.97 Å². The van der Waals surface area contributed by atoms with Crippen LogP contribution >= 0.6 is 0 Å². The third-order valence-electron chi connectivity index (χ3n) is 2.87. The molecule has 6 heteroatoms. The highest BCUT2D eigenvalue weighted by atomic mass is 16.5. The normalized spacial score (nSPS) is 19.4. The van der Waals surface area contributed by atoms with Crippen molar-refractivity contribution < 1.29 is 14.6 Å². The van der Waals surface area contributed by atoms with Gasteiger partial charge in [0.05, 0.1) is 13.0 Å². The maximum Gasteiger partial charge on any atom is 0.308 e. The number of ether oxygens (including phenoxy) is 1. The monoisotopic (exact) mass is 237 g/mol. The molecule has 1 atom stereocenters. The number of carboxylic acid groups (broad SMARTS) is 1. The Hall–Kier alpha value is -1.85. The van der Waals surface area contributed by atoms with E-state index in [1.165, 1.54) is 0 Å². The lowest BCUT2D eigenvalue weighted by molar-refractivity contribution is -0.140. The Morgan fingerprint density at radius 3 is 2.94 bits per heavy atom. The topological polar surface area (TPSA) is 75.5 Å². The molecule has 1 N–H and O–H groups in total. The summed E-state index contributed by atoms with van der Waals surface area (Å²) in [5.74, 6) is 0.809. The number of carbonyl (C=O) groups is 1. The first-order valence-corrected chi connectivity index (χ1v) is 5.47. The number of aromatic nitrogens is 2. The number of methoxy groups -OCH3 is 1. The van der Waals surface area contributed by atoms with E-state index in [0.29, 0.717) is 31.2 Å². The van der Waals surface area contributed by atoms with Gasteiger partial charge in [-0.05, 0) is 13.3 Å². The van der Waals surface area contributed by atoms with E-state index in [1.807, 2.05) is 4.90 Å². The zero-order valence-electron chi connectivity index (χ0n) is 9.88. The number of carboxylic acids is 1. The lowest BCUT2D eigenvalue weighted by Gasteiger charge is -2.17. The van der Waals surface area contributed by atoms with E-state index in [1.54, 1.807) is 20.1 Å². The first kappa shape index (κ1) is 11.6. The standard InChI is InChI=1S/C11H15N3O3/c1-7-12-9(5-10(13-7)17-2)14-4-3-8(6-14)11(15)16/h5,8H,3-4,6H2,1-2H3,(H,15,16). The first-order valence-electron chi connectivity index (χ1n) is 5.47. The van der Waals surface area contributed by atoms with Gasteiger partial charge in [0.2, 0.25) is 5.88 Å². The van der Waals surface area contributed by atoms with Crippen molar-refractivity contribution in [3.05, 3.63) is 11.9 Å². The number of hydrogen-bond acceptors (Lipinski definition) is 5. The van der Waals surface area contributed by atoms with Crippen LogP contribution in [0.5, 0.6) is 5.88 Å². The average Bonchev–Trinajstić information content (AvgIpc) is 2.77. The van der Waals surface area contributed by atoms with Gasteiger partial charge in [0.15, 0.2) is 0 Å². The third kappa shape index (κ3) is 2.46. The van der Waals surface area contributed by atoms with E-state index >= 15 is 0 Å². The summed E-state index contributed by atoms with van der Waals surface area (Å²) < 4.78 is 5.08. The van der Waals surface area contributed by atoms with Crippen molar-refractivity contribution in [3.8, 4) is 5.88 Å². The molecule has 0 radical (unpaired) electrons. The lowest BCUT2D eigenvalue weighted by Crippen LogP contribution is -2.23. The van der Waals surface area contributed by atoms with Gasteiger partial charge in [-0.3, -0.25) is 4.79 Å². The maximum atomic E-state index is 10.9. The molecular formula is C11H15N3O3. The number of rotatable bonds is 3. The van der Waals surface area contributed by atoms with Crippen LogP contribution in [0.25, 0.3) is 0 Å². The SMILES string of the molecule is COc1cc(N2CCC(C(=O)O)C2)nc(C)n1. The highest BCUT2D eigenvalue weighted by molar-refractivity contribution is 5.71. The molecular weight excluding hydrogens is 222 g/mol. The van der Waals surface area contributed by atoms with Gasteiger partial charge in [-0.2, -0.15) is 4.98 Å². The van der Waals surface area contributed by atoms with Crippen molar-refractivity contribution in [1.82, 2.24) is 9.97 Å². The van der Waals surface area contributed by atoms with Crippen LogP contribution < -0.4 is 9.64 Å². The molecule has 1 aliphatic heterocycles. The van der Waals surface area contributed by atoms with Crippen LogP contribution in [0.4, 0.5) is 5.82 Å². The van der Waals surface area contributed by atoms with E-state index in [0.717, 1.165) is 5.82 Å². The fourth-order valence-electron chi connectivity index (χ4n) is 1.96. The van der Waals surface area contributed by atoms with Gasteiger partial charge >= 0.3 is 5.97 Å². The highest BCUT2D eigenvalue weighted by Gasteiger charge is 2.29. The minimum Gasteiger partial charge on any atom is -0.481 e. The fraction of sp³-hybridized carbons (Fsp3) is 0.545. The maximum absolute atomic E-state index is 10.9. The molecule has 1 unspecified atom stereocenters. The Labute approximate surface area is 99.2 Å². The predicted octanol–water partition coefficient (Wildman–Crippen LogP) is 0.705. The summed E-state index contributed by atoms with van der Waals surface area (Å²) in [6.07, 6.45) is 0.653. The second-order valence-corrected chi connectivity index (χ2v) is 4.09. The quantitative estimate of drug-likeness (QED) is 0.834. The minimum absolute atomic E-state index is 0.309. The van der Waals surface area contributed by atoms with E-state index in [9.17, 15) is 4.79 Å². The lowest BCUT2D eigenvalue weighted by atomic mass is 10.1. The second kappa shape index (κ2) is 4.57. The van der Waals surface area contributed by atoms with Crippen molar-refractivity contribution in [1.29, 1.82) is 0 Å². The van der Waals surface area contributed by atoms with E-state index in [-0.39, 0.29) is 5.92 Å². The summed E-state index contributed by atoms with van der Waals surface area (Å²) >= 11 is 0. The van der Waals surface area contributed by atoms with Gasteiger partial charge in [0.25, 0.3) is 0 Å². The van der Waals surface area contributed by atoms with Crippen LogP contribution in [0.1, 0.15) is 12.2 Å². The van der Waals surface area contributed by atoms with Crippen molar-refractivity contribution in [2.75, 3.05) is 25.1 Å². The highest BCUT2D eigenvalue weighted by Crippen LogP contribution is 2.24. The predicted molar refractivity (Wildman–Crippen MR) is 61.3 cm³/mol. The molecule has 2 heterocycles. The van der Waals surface area contributed by atoms with Gasteiger partial charge in [-0.1, -0.05) is 0 Å². The number of anilines is 1. The number of nitrogens with zero attached hydrogens (tertiary/aromatic N) is 3. The molecule has 0 bridgehead atoms. The minimum atomic E-state index is -0.745. The molecule has 1 aromatic rings. The fourth-order valence-corrected chi connectivity index (χ4v) is 1.96. The summed E-state index contributed by atoms with van der Waals surface area (Å²) in [5.41, 5.74) is 0. The van der Waals surface area contributed by atoms with E-state index in [4.69, 9.17) is 9.84 Å². The number of aryl methyl sites for hydroxylation is 1. The van der Waals surface area contributed by atoms with Crippen molar-refractivity contribution in [2.24, 2.45) is 5.92 Å². The molecule has 0 saturated carbocycles. The zero-order valence-corrected chi connectivity index (χ0v) is 9.88. The van der Waals surface area contributed by atoms with Gasteiger partial charge in [-0.25, -0.2) is 4.98 Å². The van der Waals surface area contributed by atoms with Crippen molar-refractivity contribution >= 4 is 11.8 Å². The summed E-state index contributed by atoms with van der Waals surface area (Å²) in [6.45, 7) is 2.99. The van der Waals surface area contributed by atoms with Crippen molar-refractivity contribution in [3.63, 3.8) is 0 Å². The van der Waals surface area contributed by atoms with E-state index in [2.05, 4.69) is 9.97 Å². The zero-order chi connectivity index (χ0) is 12.4. The molecule has 17 heavy (non-hydrogen) atoms. The molecule has 2 rings (SSSR count). The molecule has 6 nitrogen and oxygen atoms in total. The molecule has 0 amide bonds. The van der Waals surface area contributed by atoms with Crippen LogP contribution in [0.3, 0.4) is 0 Å². The van der Waals surface area contributed by atoms with Crippen LogP contribution in [0, 0.1) is 12.8 Å². The first-order chi connectivity index (χ1) is 8.10. The largest absolute Gasteiger partial charge is 0.481 e. The molecule has 0 aliphatic carbocycles. The second-order valence-electron chi connectivity index (χ2n) is 4.09. The molecule has 1 saturated heterocycles. The van der Waals surface area contributed by atoms with Crippen LogP contribution in [0.2, 0.25) is 0 Å². The Bertz CT molecular complexity index is 436. The Balaban J connectivity index is 2.18. The summed E-state index contributed by atoms with van der Waals surface area (Å²) in [4.78, 5) is 21.2. The molecule has 0 aromatic carbocycles. The summed E-state index contributed by atoms with van der Waals surface area (Å²) in [7, 11) is 1.55. The Morgan fingerprint density at radius 2 is 2.35 bits per heavy atom. The van der Waals surface area contributed by atoms with Gasteiger partial charge in [0.1, 0.15) is 11.6 Å². The van der Waals surface area contributed by atoms with Crippen LogP contribution in [-0.4, -0.2) is 41.2 Å². The number of hydrogen-bond donors (Lipinski definition) is 1. The smallest absolute Gasteiger partial charge is 0.308 e. The third-order valence-corrected chi connectivity index (χ3v) is 2.87. The molecule has 1 aromatic heterocycles. The average molecular weight is 237 g/mol. The Morgan fingerprint density at radius 1 is 1.59 bits per heavy atom. The molecule has 0 spiro atoms. The van der Waals surface area contributed by atoms with Gasteiger partial charge in [0, 0.05) is 19.2 Å².